The maximum Gasteiger partial charge on any atom is 0.220 e. The molecule has 61 heavy (non-hydrogen) atoms. The van der Waals surface area contributed by atoms with Gasteiger partial charge in [0.2, 0.25) is 5.69 Å². The Labute approximate surface area is 353 Å². The van der Waals surface area contributed by atoms with E-state index in [-0.39, 0.29) is 0 Å². The molecule has 4 heterocycles. The quantitative estimate of drug-likeness (QED) is 0.132. The second kappa shape index (κ2) is 12.6. The number of nitriles is 1. The summed E-state index contributed by atoms with van der Waals surface area (Å²) in [4.78, 5) is 9.51. The van der Waals surface area contributed by atoms with Crippen LogP contribution < -0.4 is 0 Å². The van der Waals surface area contributed by atoms with Crippen molar-refractivity contribution in [3.05, 3.63) is 193 Å². The van der Waals surface area contributed by atoms with Gasteiger partial charge in [-0.1, -0.05) is 140 Å². The minimum atomic E-state index is 0.414. The number of pyridine rings is 1. The Morgan fingerprint density at radius 3 is 1.87 bits per heavy atom. The zero-order chi connectivity index (χ0) is 40.3. The SMILES string of the molecule is [C-]#[N+]c1c(-c2ccccc2)c(C#N)c(-n2c3ccccc3c3c4sc5ccccc5c4ccc32)c(-c2ccccc2)c1-n1c2cccc3c4ccccc4c4nccc1c4c32. The molecule has 0 aliphatic rings. The lowest BCUT2D eigenvalue weighted by Crippen LogP contribution is -2.08. The third-order valence-corrected chi connectivity index (χ3v) is 13.8. The number of rotatable bonds is 4. The Hall–Kier alpha value is -8.29. The zero-order valence-corrected chi connectivity index (χ0v) is 33.2. The van der Waals surface area contributed by atoms with Crippen molar-refractivity contribution in [3.8, 4) is 39.7 Å². The van der Waals surface area contributed by atoms with Crippen LogP contribution in [0.5, 0.6) is 0 Å². The molecule has 0 N–H and O–H groups in total. The number of fused-ring (bicyclic) bond motifs is 10. The van der Waals surface area contributed by atoms with Crippen LogP contribution in [0.2, 0.25) is 0 Å². The highest BCUT2D eigenvalue weighted by Gasteiger charge is 2.32. The van der Waals surface area contributed by atoms with Gasteiger partial charge in [-0.3, -0.25) is 4.98 Å². The Kier molecular flexibility index (Phi) is 6.96. The Bertz CT molecular complexity index is 3980. The Morgan fingerprint density at radius 2 is 1.10 bits per heavy atom. The fourth-order valence-electron chi connectivity index (χ4n) is 10.2. The summed E-state index contributed by atoms with van der Waals surface area (Å²) >= 11 is 1.81. The molecular weight excluding hydrogens is 763 g/mol. The average Bonchev–Trinajstić information content (AvgIpc) is 3.99. The highest BCUT2D eigenvalue weighted by atomic mass is 32.1. The van der Waals surface area contributed by atoms with E-state index in [1.807, 2.05) is 66.1 Å². The summed E-state index contributed by atoms with van der Waals surface area (Å²) in [6.45, 7) is 9.16. The first-order valence-electron chi connectivity index (χ1n) is 20.2. The van der Waals surface area contributed by atoms with Gasteiger partial charge in [0.1, 0.15) is 6.07 Å². The minimum absolute atomic E-state index is 0.414. The van der Waals surface area contributed by atoms with Crippen molar-refractivity contribution < 1.29 is 0 Å². The predicted molar refractivity (Wildman–Crippen MR) is 254 cm³/mol. The van der Waals surface area contributed by atoms with E-state index in [1.165, 1.54) is 20.2 Å². The molecule has 0 amide bonds. The summed E-state index contributed by atoms with van der Waals surface area (Å²) in [5.74, 6) is 0. The molecule has 0 aliphatic carbocycles. The molecule has 9 aromatic carbocycles. The van der Waals surface area contributed by atoms with Crippen molar-refractivity contribution in [1.82, 2.24) is 14.1 Å². The lowest BCUT2D eigenvalue weighted by molar-refractivity contribution is 1.13. The maximum absolute atomic E-state index is 11.7. The van der Waals surface area contributed by atoms with E-state index < -0.39 is 0 Å². The largest absolute Gasteiger partial charge is 0.318 e. The van der Waals surface area contributed by atoms with E-state index >= 15 is 0 Å². The molecule has 0 saturated carbocycles. The second-order valence-electron chi connectivity index (χ2n) is 15.5. The van der Waals surface area contributed by atoms with Crippen LogP contribution in [0.3, 0.4) is 0 Å². The van der Waals surface area contributed by atoms with E-state index in [9.17, 15) is 5.26 Å². The number of hydrogen-bond acceptors (Lipinski definition) is 3. The summed E-state index contributed by atoms with van der Waals surface area (Å²) in [6, 6.07) is 61.7. The average molecular weight is 792 g/mol. The lowest BCUT2D eigenvalue weighted by atomic mass is 9.88. The molecule has 0 spiro atoms. The van der Waals surface area contributed by atoms with Crippen LogP contribution in [0.4, 0.5) is 5.69 Å². The highest BCUT2D eigenvalue weighted by molar-refractivity contribution is 7.26. The van der Waals surface area contributed by atoms with Gasteiger partial charge in [-0.25, -0.2) is 4.85 Å². The van der Waals surface area contributed by atoms with Gasteiger partial charge < -0.3 is 9.13 Å². The summed E-state index contributed by atoms with van der Waals surface area (Å²) in [5.41, 5.74) is 10.3. The molecular formula is C55H29N5S. The molecule has 0 radical (unpaired) electrons. The number of aromatic nitrogens is 3. The summed E-state index contributed by atoms with van der Waals surface area (Å²) in [7, 11) is 0. The summed E-state index contributed by atoms with van der Waals surface area (Å²) in [5, 5.41) is 21.9. The molecule has 0 aliphatic heterocycles. The fraction of sp³-hybridized carbons (Fsp3) is 0. The molecule has 13 rings (SSSR count). The molecule has 6 heteroatoms. The smallest absolute Gasteiger partial charge is 0.220 e. The fourth-order valence-corrected chi connectivity index (χ4v) is 11.5. The van der Waals surface area contributed by atoms with Crippen LogP contribution >= 0.6 is 11.3 Å². The standard InChI is InChI=1S/C55H29N5S/c1-57-52-46(32-15-4-2-5-16-32)40(31-56)53(59-41-24-12-10-22-39(41)49-43(59)28-27-38-35-20-11-13-26-45(35)61-55(38)49)47(33-17-6-3-7-18-33)54(52)60-42-25-14-23-36-34-19-8-9-21-37(34)51-50(48(36)42)44(60)29-30-58-51/h2-30H. The molecule has 13 aromatic rings. The molecule has 0 fully saturated rings. The first-order valence-corrected chi connectivity index (χ1v) is 21.0. The van der Waals surface area contributed by atoms with E-state index in [4.69, 9.17) is 11.6 Å². The molecule has 280 valence electrons. The van der Waals surface area contributed by atoms with Crippen molar-refractivity contribution >= 4 is 102 Å². The zero-order valence-electron chi connectivity index (χ0n) is 32.4. The maximum atomic E-state index is 11.7. The normalized spacial score (nSPS) is 11.9. The molecule has 5 nitrogen and oxygen atoms in total. The van der Waals surface area contributed by atoms with Gasteiger partial charge in [-0.2, -0.15) is 5.26 Å². The summed E-state index contributed by atoms with van der Waals surface area (Å²) in [6.07, 6.45) is 1.89. The Balaban J connectivity index is 1.31. The third-order valence-electron chi connectivity index (χ3n) is 12.6. The number of benzene rings is 9. The number of para-hydroxylation sites is 1. The van der Waals surface area contributed by atoms with Crippen molar-refractivity contribution in [2.45, 2.75) is 0 Å². The van der Waals surface area contributed by atoms with E-state index in [0.29, 0.717) is 16.8 Å². The van der Waals surface area contributed by atoms with Crippen molar-refractivity contribution in [3.63, 3.8) is 0 Å². The van der Waals surface area contributed by atoms with Gasteiger partial charge in [0.25, 0.3) is 0 Å². The van der Waals surface area contributed by atoms with Crippen LogP contribution in [-0.2, 0) is 0 Å². The molecule has 0 saturated heterocycles. The van der Waals surface area contributed by atoms with E-state index in [2.05, 4.69) is 141 Å². The number of thiophene rings is 1. The van der Waals surface area contributed by atoms with Crippen molar-refractivity contribution in [2.24, 2.45) is 0 Å². The second-order valence-corrected chi connectivity index (χ2v) is 16.6. The van der Waals surface area contributed by atoms with Gasteiger partial charge >= 0.3 is 0 Å². The van der Waals surface area contributed by atoms with E-state index in [0.717, 1.165) is 93.4 Å². The van der Waals surface area contributed by atoms with Gasteiger partial charge in [0, 0.05) is 64.4 Å². The van der Waals surface area contributed by atoms with Gasteiger partial charge in [-0.05, 0) is 52.2 Å². The predicted octanol–water partition coefficient (Wildman–Crippen LogP) is 15.1. The molecule has 4 aromatic heterocycles. The molecule has 0 unspecified atom stereocenters. The number of nitrogens with zero attached hydrogens (tertiary/aromatic N) is 5. The van der Waals surface area contributed by atoms with Crippen molar-refractivity contribution in [1.29, 1.82) is 5.26 Å². The molecule has 0 atom stereocenters. The van der Waals surface area contributed by atoms with Crippen LogP contribution in [-0.4, -0.2) is 14.1 Å². The van der Waals surface area contributed by atoms with Gasteiger partial charge in [0.05, 0.1) is 51.1 Å². The summed E-state index contributed by atoms with van der Waals surface area (Å²) < 4.78 is 7.04. The van der Waals surface area contributed by atoms with Crippen molar-refractivity contribution in [2.75, 3.05) is 0 Å². The van der Waals surface area contributed by atoms with Crippen LogP contribution in [0.25, 0.3) is 124 Å². The van der Waals surface area contributed by atoms with E-state index in [1.54, 1.807) is 0 Å². The van der Waals surface area contributed by atoms with Gasteiger partial charge in [0.15, 0.2) is 0 Å². The first-order chi connectivity index (χ1) is 30.2. The molecule has 0 bridgehead atoms. The van der Waals surface area contributed by atoms with Crippen LogP contribution in [0, 0.1) is 17.9 Å². The third kappa shape index (κ3) is 4.44. The first kappa shape index (κ1) is 33.7. The monoisotopic (exact) mass is 791 g/mol. The van der Waals surface area contributed by atoms with Crippen LogP contribution in [0.1, 0.15) is 5.56 Å². The highest BCUT2D eigenvalue weighted by Crippen LogP contribution is 2.54. The van der Waals surface area contributed by atoms with Gasteiger partial charge in [-0.15, -0.1) is 11.3 Å². The lowest BCUT2D eigenvalue weighted by Gasteiger charge is -2.25. The topological polar surface area (TPSA) is 50.9 Å². The van der Waals surface area contributed by atoms with Crippen LogP contribution in [0.15, 0.2) is 176 Å². The number of hydrogen-bond donors (Lipinski definition) is 0. The minimum Gasteiger partial charge on any atom is -0.318 e. The Morgan fingerprint density at radius 1 is 0.492 bits per heavy atom.